The van der Waals surface area contributed by atoms with Crippen LogP contribution in [0, 0.1) is 5.82 Å². The fourth-order valence-corrected chi connectivity index (χ4v) is 2.89. The van der Waals surface area contributed by atoms with Crippen LogP contribution in [0.3, 0.4) is 0 Å². The molecular formula is C20H26BFN2. The minimum atomic E-state index is -0.532. The molecule has 0 spiro atoms. The van der Waals surface area contributed by atoms with E-state index < -0.39 is 5.54 Å². The third kappa shape index (κ3) is 4.79. The largest absolute Gasteiger partial charge is 0.321 e. The molecule has 0 radical (unpaired) electrons. The van der Waals surface area contributed by atoms with Crippen LogP contribution in [0.1, 0.15) is 36.9 Å². The Morgan fingerprint density at radius 2 is 1.83 bits per heavy atom. The van der Waals surface area contributed by atoms with E-state index in [1.54, 1.807) is 12.1 Å². The van der Waals surface area contributed by atoms with Crippen LogP contribution in [0.5, 0.6) is 0 Å². The van der Waals surface area contributed by atoms with Crippen molar-refractivity contribution in [3.8, 4) is 0 Å². The molecule has 0 heterocycles. The van der Waals surface area contributed by atoms with E-state index in [-0.39, 0.29) is 11.9 Å². The van der Waals surface area contributed by atoms with Crippen LogP contribution in [0.15, 0.2) is 61.2 Å². The van der Waals surface area contributed by atoms with Crippen molar-refractivity contribution < 1.29 is 4.39 Å². The van der Waals surface area contributed by atoms with Gasteiger partial charge in [0.15, 0.2) is 0 Å². The summed E-state index contributed by atoms with van der Waals surface area (Å²) in [6, 6.07) is 15.2. The van der Waals surface area contributed by atoms with E-state index in [0.717, 1.165) is 18.5 Å². The van der Waals surface area contributed by atoms with Crippen LogP contribution >= 0.6 is 0 Å². The van der Waals surface area contributed by atoms with Gasteiger partial charge in [-0.05, 0) is 49.6 Å². The summed E-state index contributed by atoms with van der Waals surface area (Å²) in [5, 5.41) is 3.53. The Kier molecular flexibility index (Phi) is 6.35. The van der Waals surface area contributed by atoms with Crippen molar-refractivity contribution in [2.75, 3.05) is 6.54 Å². The molecule has 0 saturated carbocycles. The van der Waals surface area contributed by atoms with E-state index in [0.29, 0.717) is 6.42 Å². The van der Waals surface area contributed by atoms with E-state index in [2.05, 4.69) is 50.9 Å². The summed E-state index contributed by atoms with van der Waals surface area (Å²) in [5.74, 6) is -0.245. The molecule has 2 nitrogen and oxygen atoms in total. The number of nitrogens with two attached hydrogens (primary N) is 1. The number of hydrogen-bond acceptors (Lipinski definition) is 2. The van der Waals surface area contributed by atoms with Crippen LogP contribution in [-0.4, -0.2) is 14.4 Å². The molecule has 0 aromatic heterocycles. The lowest BCUT2D eigenvalue weighted by Gasteiger charge is -2.30. The third-order valence-electron chi connectivity index (χ3n) is 4.53. The van der Waals surface area contributed by atoms with Crippen molar-refractivity contribution in [3.63, 3.8) is 0 Å². The Bertz CT molecular complexity index is 654. The van der Waals surface area contributed by atoms with E-state index in [4.69, 9.17) is 5.73 Å². The molecule has 0 bridgehead atoms. The molecule has 0 unspecified atom stereocenters. The average Bonchev–Trinajstić information content (AvgIpc) is 2.56. The Hall–Kier alpha value is -1.91. The van der Waals surface area contributed by atoms with Gasteiger partial charge in [-0.2, -0.15) is 0 Å². The van der Waals surface area contributed by atoms with Gasteiger partial charge in [0.05, 0.1) is 0 Å². The molecule has 24 heavy (non-hydrogen) atoms. The van der Waals surface area contributed by atoms with Gasteiger partial charge in [-0.25, -0.2) is 4.39 Å². The van der Waals surface area contributed by atoms with Crippen molar-refractivity contribution >= 4 is 13.3 Å². The van der Waals surface area contributed by atoms with Gasteiger partial charge in [0, 0.05) is 11.6 Å². The van der Waals surface area contributed by atoms with Crippen molar-refractivity contribution in [2.24, 2.45) is 5.73 Å². The molecule has 2 atom stereocenters. The maximum atomic E-state index is 13.2. The Morgan fingerprint density at radius 1 is 1.21 bits per heavy atom. The van der Waals surface area contributed by atoms with Gasteiger partial charge < -0.3 is 11.1 Å². The van der Waals surface area contributed by atoms with Crippen molar-refractivity contribution in [3.05, 3.63) is 78.1 Å². The molecule has 4 heteroatoms. The van der Waals surface area contributed by atoms with Gasteiger partial charge in [-0.1, -0.05) is 47.9 Å². The molecule has 0 aliphatic carbocycles. The standard InChI is InChI=1S/C20H26BFN2/c1-3-12-20(23,17-6-10-19(22)11-7-17)13-14-24-15(2)16-4-8-18(21)9-5-16/h3-11,15,24H,1,12-14,21,23H2,2H3/t15-,20+/m0/s1. The maximum Gasteiger partial charge on any atom is 0.139 e. The molecule has 2 aromatic rings. The van der Waals surface area contributed by atoms with Crippen LogP contribution in [0.4, 0.5) is 4.39 Å². The number of rotatable bonds is 8. The predicted molar refractivity (Wildman–Crippen MR) is 103 cm³/mol. The van der Waals surface area contributed by atoms with Gasteiger partial charge in [0.1, 0.15) is 13.7 Å². The zero-order valence-electron chi connectivity index (χ0n) is 14.6. The molecule has 2 aromatic carbocycles. The van der Waals surface area contributed by atoms with Gasteiger partial charge in [-0.3, -0.25) is 0 Å². The SMILES string of the molecule is Bc1ccc([C@H](C)NCC[C@](N)(CC=C)c2ccc(F)cc2)cc1. The smallest absolute Gasteiger partial charge is 0.139 e. The van der Waals surface area contributed by atoms with Crippen LogP contribution in [0.25, 0.3) is 0 Å². The Labute approximate surface area is 145 Å². The number of nitrogens with one attached hydrogen (secondary N) is 1. The van der Waals surface area contributed by atoms with Crippen LogP contribution in [-0.2, 0) is 5.54 Å². The highest BCUT2D eigenvalue weighted by Gasteiger charge is 2.25. The molecule has 0 aliphatic heterocycles. The van der Waals surface area contributed by atoms with Crippen LogP contribution in [0.2, 0.25) is 0 Å². The summed E-state index contributed by atoms with van der Waals surface area (Å²) in [5.41, 5.74) is 9.51. The van der Waals surface area contributed by atoms with E-state index in [1.165, 1.54) is 23.2 Å². The zero-order chi connectivity index (χ0) is 17.6. The van der Waals surface area contributed by atoms with E-state index in [1.807, 2.05) is 6.08 Å². The lowest BCUT2D eigenvalue weighted by atomic mass is 9.84. The summed E-state index contributed by atoms with van der Waals surface area (Å²) >= 11 is 0. The summed E-state index contributed by atoms with van der Waals surface area (Å²) < 4.78 is 13.2. The first-order valence-corrected chi connectivity index (χ1v) is 8.40. The summed E-state index contributed by atoms with van der Waals surface area (Å²) in [7, 11) is 2.09. The van der Waals surface area contributed by atoms with E-state index in [9.17, 15) is 4.39 Å². The highest BCUT2D eigenvalue weighted by atomic mass is 19.1. The molecule has 0 amide bonds. The monoisotopic (exact) mass is 324 g/mol. The second kappa shape index (κ2) is 8.27. The molecule has 0 fully saturated rings. The lowest BCUT2D eigenvalue weighted by Crippen LogP contribution is -2.39. The zero-order valence-corrected chi connectivity index (χ0v) is 14.6. The summed E-state index contributed by atoms with van der Waals surface area (Å²) in [6.07, 6.45) is 3.23. The molecule has 3 N–H and O–H groups in total. The first-order chi connectivity index (χ1) is 11.4. The van der Waals surface area contributed by atoms with Gasteiger partial charge in [-0.15, -0.1) is 6.58 Å². The number of hydrogen-bond donors (Lipinski definition) is 2. The van der Waals surface area contributed by atoms with Gasteiger partial charge in [0.2, 0.25) is 0 Å². The first-order valence-electron chi connectivity index (χ1n) is 8.40. The number of halogens is 1. The van der Waals surface area contributed by atoms with Gasteiger partial charge in [0.25, 0.3) is 0 Å². The molecule has 0 saturated heterocycles. The fourth-order valence-electron chi connectivity index (χ4n) is 2.89. The first kappa shape index (κ1) is 18.4. The average molecular weight is 324 g/mol. The fraction of sp³-hybridized carbons (Fsp3) is 0.300. The maximum absolute atomic E-state index is 13.2. The molecule has 126 valence electrons. The highest BCUT2D eigenvalue weighted by Crippen LogP contribution is 2.26. The highest BCUT2D eigenvalue weighted by molar-refractivity contribution is 6.32. The second-order valence-corrected chi connectivity index (χ2v) is 6.49. The Morgan fingerprint density at radius 3 is 2.42 bits per heavy atom. The summed E-state index contributed by atoms with van der Waals surface area (Å²) in [4.78, 5) is 0. The topological polar surface area (TPSA) is 38.0 Å². The number of benzene rings is 2. The van der Waals surface area contributed by atoms with Crippen LogP contribution < -0.4 is 16.5 Å². The molecular weight excluding hydrogens is 298 g/mol. The lowest BCUT2D eigenvalue weighted by molar-refractivity contribution is 0.388. The molecule has 2 rings (SSSR count). The summed E-state index contributed by atoms with van der Waals surface area (Å²) in [6.45, 7) is 6.73. The molecule has 0 aliphatic rings. The minimum absolute atomic E-state index is 0.245. The van der Waals surface area contributed by atoms with Gasteiger partial charge >= 0.3 is 0 Å². The predicted octanol–water partition coefficient (Wildman–Crippen LogP) is 2.56. The Balaban J connectivity index is 1.99. The third-order valence-corrected chi connectivity index (χ3v) is 4.53. The quantitative estimate of drug-likeness (QED) is 0.578. The van der Waals surface area contributed by atoms with Crippen molar-refractivity contribution in [2.45, 2.75) is 31.3 Å². The second-order valence-electron chi connectivity index (χ2n) is 6.49. The normalized spacial score (nSPS) is 14.8. The van der Waals surface area contributed by atoms with Crippen molar-refractivity contribution in [1.82, 2.24) is 5.32 Å². The minimum Gasteiger partial charge on any atom is -0.321 e. The van der Waals surface area contributed by atoms with Crippen molar-refractivity contribution in [1.29, 1.82) is 0 Å². The van der Waals surface area contributed by atoms with E-state index >= 15 is 0 Å².